The maximum Gasteiger partial charge on any atom is 0.247 e. The molecule has 1 atom stereocenters. The predicted octanol–water partition coefficient (Wildman–Crippen LogP) is 4.72. The highest BCUT2D eigenvalue weighted by molar-refractivity contribution is 7.91. The molecule has 2 aromatic heterocycles. The maximum atomic E-state index is 14.4. The van der Waals surface area contributed by atoms with E-state index < -0.39 is 17.0 Å². The van der Waals surface area contributed by atoms with Crippen molar-refractivity contribution >= 4 is 22.1 Å². The van der Waals surface area contributed by atoms with Crippen LogP contribution >= 0.6 is 0 Å². The van der Waals surface area contributed by atoms with E-state index >= 15 is 0 Å². The van der Waals surface area contributed by atoms with Crippen LogP contribution in [0.2, 0.25) is 0 Å². The molecule has 0 saturated carbocycles. The second-order valence-electron chi connectivity index (χ2n) is 5.77. The molecule has 0 N–H and O–H groups in total. The number of aromatic nitrogens is 2. The normalized spacial score (nSPS) is 12.6. The Morgan fingerprint density at radius 3 is 2.62 bits per heavy atom. The fourth-order valence-corrected chi connectivity index (χ4v) is 3.61. The van der Waals surface area contributed by atoms with Crippen molar-refractivity contribution in [2.75, 3.05) is 5.75 Å². The highest BCUT2D eigenvalue weighted by Crippen LogP contribution is 2.34. The van der Waals surface area contributed by atoms with E-state index in [9.17, 15) is 8.94 Å². The summed E-state index contributed by atoms with van der Waals surface area (Å²) >= 11 is -1.34. The van der Waals surface area contributed by atoms with Crippen LogP contribution in [0.3, 0.4) is 0 Å². The molecular formula is C19H15FN2O3S. The second kappa shape index (κ2) is 6.59. The van der Waals surface area contributed by atoms with Crippen molar-refractivity contribution in [2.45, 2.75) is 18.7 Å². The van der Waals surface area contributed by atoms with Gasteiger partial charge in [-0.1, -0.05) is 0 Å². The molecule has 0 spiro atoms. The second-order valence-corrected chi connectivity index (χ2v) is 7.47. The molecular weight excluding hydrogens is 355 g/mol. The van der Waals surface area contributed by atoms with Crippen LogP contribution in [0.25, 0.3) is 33.6 Å². The van der Waals surface area contributed by atoms with Gasteiger partial charge >= 0.3 is 0 Å². The van der Waals surface area contributed by atoms with Crippen LogP contribution in [0.5, 0.6) is 0 Å². The van der Waals surface area contributed by atoms with Crippen LogP contribution < -0.4 is 0 Å². The highest BCUT2D eigenvalue weighted by Gasteiger charge is 2.18. The number of aryl methyl sites for hydroxylation is 1. The third kappa shape index (κ3) is 2.89. The zero-order chi connectivity index (χ0) is 18.3. The fourth-order valence-electron chi connectivity index (χ4n) is 2.81. The van der Waals surface area contributed by atoms with Gasteiger partial charge in [-0.15, -0.1) is 10.2 Å². The van der Waals surface area contributed by atoms with Crippen molar-refractivity contribution in [2.24, 2.45) is 0 Å². The number of benzene rings is 2. The van der Waals surface area contributed by atoms with Gasteiger partial charge in [0.15, 0.2) is 10.7 Å². The Bertz CT molecular complexity index is 1090. The molecule has 26 heavy (non-hydrogen) atoms. The molecule has 2 heterocycles. The van der Waals surface area contributed by atoms with Gasteiger partial charge in [-0.05, 0) is 60.1 Å². The van der Waals surface area contributed by atoms with Crippen molar-refractivity contribution in [3.63, 3.8) is 0 Å². The lowest BCUT2D eigenvalue weighted by Gasteiger charge is -2.09. The molecule has 7 heteroatoms. The summed E-state index contributed by atoms with van der Waals surface area (Å²) in [6.07, 6.45) is 1.58. The van der Waals surface area contributed by atoms with Crippen LogP contribution in [-0.4, -0.2) is 20.5 Å². The summed E-state index contributed by atoms with van der Waals surface area (Å²) in [5.74, 6) is 0.781. The van der Waals surface area contributed by atoms with E-state index in [1.165, 1.54) is 6.07 Å². The molecule has 0 radical (unpaired) electrons. The number of fused-ring (bicyclic) bond motifs is 1. The summed E-state index contributed by atoms with van der Waals surface area (Å²) in [5.41, 5.74) is 2.81. The molecule has 0 amide bonds. The molecule has 0 aliphatic carbocycles. The van der Waals surface area contributed by atoms with Gasteiger partial charge in [0, 0.05) is 23.4 Å². The van der Waals surface area contributed by atoms with Crippen LogP contribution in [0.15, 0.2) is 56.4 Å². The lowest BCUT2D eigenvalue weighted by molar-refractivity contribution is 0.533. The van der Waals surface area contributed by atoms with E-state index in [0.717, 1.165) is 16.5 Å². The van der Waals surface area contributed by atoms with Gasteiger partial charge in [-0.25, -0.2) is 4.39 Å². The minimum atomic E-state index is -1.34. The SMILES string of the molecule is CC[S+]([O-])c1ccc(-c2coc3ccc(-c4nnc(C)o4)cc23)cc1F. The Balaban J connectivity index is 1.80. The molecule has 2 aromatic carbocycles. The molecule has 0 saturated heterocycles. The molecule has 0 aliphatic rings. The first-order chi connectivity index (χ1) is 12.6. The van der Waals surface area contributed by atoms with Gasteiger partial charge in [0.25, 0.3) is 0 Å². The number of rotatable bonds is 4. The van der Waals surface area contributed by atoms with Crippen LogP contribution in [0.1, 0.15) is 12.8 Å². The number of halogens is 1. The molecule has 0 fully saturated rings. The Morgan fingerprint density at radius 1 is 1.12 bits per heavy atom. The first-order valence-corrected chi connectivity index (χ1v) is 9.38. The van der Waals surface area contributed by atoms with E-state index in [-0.39, 0.29) is 4.90 Å². The third-order valence-corrected chi connectivity index (χ3v) is 5.44. The van der Waals surface area contributed by atoms with Crippen LogP contribution in [0.4, 0.5) is 4.39 Å². The van der Waals surface area contributed by atoms with Gasteiger partial charge in [-0.3, -0.25) is 0 Å². The smallest absolute Gasteiger partial charge is 0.247 e. The summed E-state index contributed by atoms with van der Waals surface area (Å²) in [5, 5.41) is 8.67. The summed E-state index contributed by atoms with van der Waals surface area (Å²) in [6, 6.07) is 10.2. The van der Waals surface area contributed by atoms with Crippen LogP contribution in [0, 0.1) is 12.7 Å². The van der Waals surface area contributed by atoms with E-state index in [0.29, 0.717) is 28.7 Å². The Labute approximate surface area is 152 Å². The summed E-state index contributed by atoms with van der Waals surface area (Å²) in [6.45, 7) is 3.48. The summed E-state index contributed by atoms with van der Waals surface area (Å²) in [7, 11) is 0. The lowest BCUT2D eigenvalue weighted by atomic mass is 10.0. The molecule has 4 rings (SSSR count). The largest absolute Gasteiger partial charge is 0.611 e. The van der Waals surface area contributed by atoms with Crippen LogP contribution in [-0.2, 0) is 11.2 Å². The van der Waals surface area contributed by atoms with Gasteiger partial charge in [0.1, 0.15) is 11.3 Å². The van der Waals surface area contributed by atoms with E-state index in [2.05, 4.69) is 10.2 Å². The van der Waals surface area contributed by atoms with Gasteiger partial charge in [-0.2, -0.15) is 0 Å². The average Bonchev–Trinajstić information content (AvgIpc) is 3.26. The standard InChI is InChI=1S/C19H15FN2O3S/c1-3-26(23)18-7-5-12(9-16(18)20)15-10-24-17-6-4-13(8-14(15)17)19-22-21-11(2)25-19/h4-10H,3H2,1-2H3. The van der Waals surface area contributed by atoms with Gasteiger partial charge < -0.3 is 13.4 Å². The Hall–Kier alpha value is -2.64. The number of hydrogen-bond donors (Lipinski definition) is 0. The van der Waals surface area contributed by atoms with Gasteiger partial charge in [0.05, 0.1) is 6.26 Å². The molecule has 4 aromatic rings. The van der Waals surface area contributed by atoms with E-state index in [1.54, 1.807) is 32.2 Å². The average molecular weight is 370 g/mol. The van der Waals surface area contributed by atoms with E-state index in [1.807, 2.05) is 18.2 Å². The molecule has 132 valence electrons. The predicted molar refractivity (Wildman–Crippen MR) is 96.6 cm³/mol. The number of hydrogen-bond acceptors (Lipinski definition) is 5. The quantitative estimate of drug-likeness (QED) is 0.486. The maximum absolute atomic E-state index is 14.4. The topological polar surface area (TPSA) is 75.1 Å². The van der Waals surface area contributed by atoms with Crippen molar-refractivity contribution in [1.29, 1.82) is 0 Å². The lowest BCUT2D eigenvalue weighted by Crippen LogP contribution is -2.06. The van der Waals surface area contributed by atoms with Crippen molar-refractivity contribution in [3.05, 3.63) is 54.4 Å². The zero-order valence-corrected chi connectivity index (χ0v) is 15.0. The zero-order valence-electron chi connectivity index (χ0n) is 14.2. The van der Waals surface area contributed by atoms with E-state index in [4.69, 9.17) is 8.83 Å². The number of furan rings is 1. The minimum Gasteiger partial charge on any atom is -0.611 e. The molecule has 0 aliphatic heterocycles. The van der Waals surface area contributed by atoms with Crippen molar-refractivity contribution in [1.82, 2.24) is 10.2 Å². The first-order valence-electron chi connectivity index (χ1n) is 8.07. The summed E-state index contributed by atoms with van der Waals surface area (Å²) in [4.78, 5) is 0.214. The number of nitrogens with zero attached hydrogens (tertiary/aromatic N) is 2. The highest BCUT2D eigenvalue weighted by atomic mass is 32.2. The minimum absolute atomic E-state index is 0.214. The monoisotopic (exact) mass is 370 g/mol. The molecule has 5 nitrogen and oxygen atoms in total. The Kier molecular flexibility index (Phi) is 4.26. The fraction of sp³-hybridized carbons (Fsp3) is 0.158. The summed E-state index contributed by atoms with van der Waals surface area (Å²) < 4.78 is 37.3. The molecule has 0 bridgehead atoms. The third-order valence-electron chi connectivity index (χ3n) is 4.10. The van der Waals surface area contributed by atoms with Crippen molar-refractivity contribution < 1.29 is 17.8 Å². The van der Waals surface area contributed by atoms with Crippen molar-refractivity contribution in [3.8, 4) is 22.6 Å². The van der Waals surface area contributed by atoms with Gasteiger partial charge in [0.2, 0.25) is 11.8 Å². The Morgan fingerprint density at radius 2 is 1.92 bits per heavy atom. The first kappa shape index (κ1) is 16.8. The molecule has 1 unspecified atom stereocenters.